The SMILES string of the molecule is COc1c(C)cc(Br)c(C)c1C(Br)CCC1CCCC1. The van der Waals surface area contributed by atoms with Crippen molar-refractivity contribution in [3.05, 3.63) is 27.2 Å². The van der Waals surface area contributed by atoms with Crippen LogP contribution in [0, 0.1) is 19.8 Å². The van der Waals surface area contributed by atoms with E-state index >= 15 is 0 Å². The average molecular weight is 404 g/mol. The normalized spacial score (nSPS) is 17.4. The fourth-order valence-electron chi connectivity index (χ4n) is 3.35. The molecule has 0 amide bonds. The summed E-state index contributed by atoms with van der Waals surface area (Å²) in [6.07, 6.45) is 8.22. The lowest BCUT2D eigenvalue weighted by Gasteiger charge is -2.21. The smallest absolute Gasteiger partial charge is 0.126 e. The van der Waals surface area contributed by atoms with Gasteiger partial charge in [0.05, 0.1) is 7.11 Å². The molecule has 0 N–H and O–H groups in total. The number of rotatable bonds is 5. The zero-order valence-electron chi connectivity index (χ0n) is 12.6. The van der Waals surface area contributed by atoms with Crippen LogP contribution >= 0.6 is 31.9 Å². The molecule has 0 bridgehead atoms. The van der Waals surface area contributed by atoms with Crippen molar-refractivity contribution in [3.8, 4) is 5.75 Å². The molecule has 3 heteroatoms. The Morgan fingerprint density at radius 1 is 1.30 bits per heavy atom. The van der Waals surface area contributed by atoms with E-state index in [9.17, 15) is 0 Å². The highest BCUT2D eigenvalue weighted by atomic mass is 79.9. The molecule has 1 fully saturated rings. The Labute approximate surface area is 139 Å². The second-order valence-electron chi connectivity index (χ2n) is 5.94. The van der Waals surface area contributed by atoms with Gasteiger partial charge in [0, 0.05) is 14.9 Å². The number of methoxy groups -OCH3 is 1. The molecule has 1 aromatic carbocycles. The van der Waals surface area contributed by atoms with Crippen LogP contribution in [-0.4, -0.2) is 7.11 Å². The number of benzene rings is 1. The molecule has 1 atom stereocenters. The van der Waals surface area contributed by atoms with E-state index < -0.39 is 0 Å². The maximum absolute atomic E-state index is 5.65. The molecule has 1 nitrogen and oxygen atoms in total. The predicted octanol–water partition coefficient (Wildman–Crippen LogP) is 6.48. The summed E-state index contributed by atoms with van der Waals surface area (Å²) in [6, 6.07) is 2.15. The molecule has 0 radical (unpaired) electrons. The molecule has 20 heavy (non-hydrogen) atoms. The second-order valence-corrected chi connectivity index (χ2v) is 7.90. The molecular weight excluding hydrogens is 380 g/mol. The largest absolute Gasteiger partial charge is 0.496 e. The summed E-state index contributed by atoms with van der Waals surface area (Å²) in [7, 11) is 1.77. The van der Waals surface area contributed by atoms with E-state index in [0.29, 0.717) is 4.83 Å². The maximum Gasteiger partial charge on any atom is 0.126 e. The number of ether oxygens (including phenoxy) is 1. The standard InChI is InChI=1S/C17H24Br2O/c1-11-10-15(19)12(2)16(17(11)20-3)14(18)9-8-13-6-4-5-7-13/h10,13-14H,4-9H2,1-3H3. The van der Waals surface area contributed by atoms with Gasteiger partial charge in [0.1, 0.15) is 5.75 Å². The summed E-state index contributed by atoms with van der Waals surface area (Å²) in [4.78, 5) is 0.384. The van der Waals surface area contributed by atoms with Crippen LogP contribution in [0.4, 0.5) is 0 Å². The van der Waals surface area contributed by atoms with Gasteiger partial charge in [-0.3, -0.25) is 0 Å². The first kappa shape index (κ1) is 16.4. The summed E-state index contributed by atoms with van der Waals surface area (Å²) in [5.74, 6) is 1.98. The summed E-state index contributed by atoms with van der Waals surface area (Å²) in [6.45, 7) is 4.29. The summed E-state index contributed by atoms with van der Waals surface area (Å²) < 4.78 is 6.83. The lowest BCUT2D eigenvalue weighted by Crippen LogP contribution is -2.03. The van der Waals surface area contributed by atoms with E-state index in [1.54, 1.807) is 7.11 Å². The van der Waals surface area contributed by atoms with Gasteiger partial charge in [0.2, 0.25) is 0 Å². The van der Waals surface area contributed by atoms with Crippen molar-refractivity contribution in [3.63, 3.8) is 0 Å². The van der Waals surface area contributed by atoms with Crippen molar-refractivity contribution in [2.75, 3.05) is 7.11 Å². The van der Waals surface area contributed by atoms with Gasteiger partial charge in [-0.15, -0.1) is 0 Å². The lowest BCUT2D eigenvalue weighted by molar-refractivity contribution is 0.403. The number of alkyl halides is 1. The number of aryl methyl sites for hydroxylation is 1. The first-order valence-corrected chi connectivity index (χ1v) is 9.23. The van der Waals surface area contributed by atoms with E-state index in [2.05, 4.69) is 51.8 Å². The van der Waals surface area contributed by atoms with Gasteiger partial charge in [-0.05, 0) is 49.8 Å². The van der Waals surface area contributed by atoms with Crippen LogP contribution in [0.5, 0.6) is 5.75 Å². The third-order valence-corrected chi connectivity index (χ3v) is 6.27. The molecule has 1 aromatic rings. The Morgan fingerprint density at radius 2 is 1.95 bits per heavy atom. The van der Waals surface area contributed by atoms with Crippen LogP contribution in [-0.2, 0) is 0 Å². The van der Waals surface area contributed by atoms with Crippen LogP contribution in [0.25, 0.3) is 0 Å². The first-order valence-electron chi connectivity index (χ1n) is 7.52. The minimum atomic E-state index is 0.384. The Kier molecular flexibility index (Phi) is 5.97. The van der Waals surface area contributed by atoms with Crippen molar-refractivity contribution in [2.45, 2.75) is 57.2 Å². The fourth-order valence-corrected chi connectivity index (χ4v) is 4.72. The van der Waals surface area contributed by atoms with E-state index in [4.69, 9.17) is 4.74 Å². The van der Waals surface area contributed by atoms with Crippen molar-refractivity contribution in [2.24, 2.45) is 5.92 Å². The Bertz CT molecular complexity index is 465. The Balaban J connectivity index is 2.17. The van der Waals surface area contributed by atoms with Crippen LogP contribution in [0.15, 0.2) is 10.5 Å². The van der Waals surface area contributed by atoms with Crippen LogP contribution in [0.2, 0.25) is 0 Å². The minimum Gasteiger partial charge on any atom is -0.496 e. The zero-order chi connectivity index (χ0) is 14.7. The summed E-state index contributed by atoms with van der Waals surface area (Å²) >= 11 is 7.57. The molecule has 0 aromatic heterocycles. The number of halogens is 2. The molecule has 0 saturated heterocycles. The molecule has 2 rings (SSSR count). The monoisotopic (exact) mass is 402 g/mol. The van der Waals surface area contributed by atoms with E-state index in [-0.39, 0.29) is 0 Å². The van der Waals surface area contributed by atoms with Gasteiger partial charge >= 0.3 is 0 Å². The highest BCUT2D eigenvalue weighted by molar-refractivity contribution is 9.10. The third-order valence-electron chi connectivity index (χ3n) is 4.53. The van der Waals surface area contributed by atoms with Gasteiger partial charge in [-0.1, -0.05) is 57.5 Å². The van der Waals surface area contributed by atoms with Gasteiger partial charge in [-0.25, -0.2) is 0 Å². The van der Waals surface area contributed by atoms with Gasteiger partial charge in [0.15, 0.2) is 0 Å². The lowest BCUT2D eigenvalue weighted by atomic mass is 9.94. The van der Waals surface area contributed by atoms with E-state index in [0.717, 1.165) is 11.7 Å². The average Bonchev–Trinajstić information content (AvgIpc) is 2.93. The fraction of sp³-hybridized carbons (Fsp3) is 0.647. The predicted molar refractivity (Wildman–Crippen MR) is 93.0 cm³/mol. The van der Waals surface area contributed by atoms with Crippen LogP contribution < -0.4 is 4.74 Å². The molecule has 1 saturated carbocycles. The third kappa shape index (κ3) is 3.59. The maximum atomic E-state index is 5.65. The number of hydrogen-bond acceptors (Lipinski definition) is 1. The van der Waals surface area contributed by atoms with Crippen molar-refractivity contribution < 1.29 is 4.74 Å². The van der Waals surface area contributed by atoms with Gasteiger partial charge in [-0.2, -0.15) is 0 Å². The molecule has 1 aliphatic rings. The molecule has 1 aliphatic carbocycles. The molecule has 1 unspecified atom stereocenters. The quantitative estimate of drug-likeness (QED) is 0.511. The molecule has 0 spiro atoms. The summed E-state index contributed by atoms with van der Waals surface area (Å²) in [5, 5.41) is 0. The molecule has 112 valence electrons. The first-order chi connectivity index (χ1) is 9.54. The summed E-state index contributed by atoms with van der Waals surface area (Å²) in [5.41, 5.74) is 3.81. The topological polar surface area (TPSA) is 9.23 Å². The molecule has 0 heterocycles. The van der Waals surface area contributed by atoms with Crippen molar-refractivity contribution >= 4 is 31.9 Å². The Hall–Kier alpha value is -0.0200. The van der Waals surface area contributed by atoms with Crippen molar-refractivity contribution in [1.29, 1.82) is 0 Å². The van der Waals surface area contributed by atoms with Crippen molar-refractivity contribution in [1.82, 2.24) is 0 Å². The Morgan fingerprint density at radius 3 is 2.55 bits per heavy atom. The minimum absolute atomic E-state index is 0.384. The highest BCUT2D eigenvalue weighted by Gasteiger charge is 2.22. The second kappa shape index (κ2) is 7.31. The zero-order valence-corrected chi connectivity index (χ0v) is 15.8. The highest BCUT2D eigenvalue weighted by Crippen LogP contribution is 2.43. The molecule has 0 aliphatic heterocycles. The van der Waals surface area contributed by atoms with Gasteiger partial charge < -0.3 is 4.74 Å². The van der Waals surface area contributed by atoms with E-state index in [1.807, 2.05) is 0 Å². The molecular formula is C17H24Br2O. The van der Waals surface area contributed by atoms with Crippen LogP contribution in [0.1, 0.15) is 60.0 Å². The van der Waals surface area contributed by atoms with Gasteiger partial charge in [0.25, 0.3) is 0 Å². The van der Waals surface area contributed by atoms with E-state index in [1.165, 1.54) is 59.7 Å². The van der Waals surface area contributed by atoms with Crippen LogP contribution in [0.3, 0.4) is 0 Å². The number of hydrogen-bond donors (Lipinski definition) is 0.